The number of amides is 1. The van der Waals surface area contributed by atoms with Crippen LogP contribution in [-0.4, -0.2) is 45.1 Å². The van der Waals surface area contributed by atoms with E-state index in [1.54, 1.807) is 4.90 Å². The van der Waals surface area contributed by atoms with E-state index in [2.05, 4.69) is 10.2 Å². The zero-order chi connectivity index (χ0) is 18.1. The van der Waals surface area contributed by atoms with Gasteiger partial charge in [-0.05, 0) is 31.9 Å². The Kier molecular flexibility index (Phi) is 4.54. The molecule has 2 atom stereocenters. The standard InChI is InChI=1S/C17H20N4O4/c1-10-6-4-5-7-13(10)14-8-20(11(2)9-25-14)17(22)15-16(21(23)24)12(3)18-19-15/h4-7,11,14H,8-9H2,1-3H3,(H,18,19). The Morgan fingerprint density at radius 3 is 2.80 bits per heavy atom. The Morgan fingerprint density at radius 2 is 2.12 bits per heavy atom. The van der Waals surface area contributed by atoms with E-state index in [9.17, 15) is 14.9 Å². The molecule has 1 aromatic heterocycles. The van der Waals surface area contributed by atoms with E-state index in [0.29, 0.717) is 13.2 Å². The molecule has 1 aliphatic heterocycles. The maximum absolute atomic E-state index is 12.9. The third-order valence-electron chi connectivity index (χ3n) is 4.53. The number of aromatic amines is 1. The topological polar surface area (TPSA) is 101 Å². The molecule has 1 amide bonds. The second kappa shape index (κ2) is 6.64. The van der Waals surface area contributed by atoms with Gasteiger partial charge in [0.15, 0.2) is 0 Å². The molecule has 8 heteroatoms. The van der Waals surface area contributed by atoms with Crippen molar-refractivity contribution in [1.82, 2.24) is 15.1 Å². The summed E-state index contributed by atoms with van der Waals surface area (Å²) < 4.78 is 5.90. The highest BCUT2D eigenvalue weighted by Gasteiger charge is 2.36. The number of carbonyl (C=O) groups excluding carboxylic acids is 1. The molecule has 0 aliphatic carbocycles. The van der Waals surface area contributed by atoms with E-state index in [1.807, 2.05) is 38.1 Å². The molecule has 2 unspecified atom stereocenters. The van der Waals surface area contributed by atoms with Crippen LogP contribution < -0.4 is 0 Å². The van der Waals surface area contributed by atoms with Crippen LogP contribution in [0.2, 0.25) is 0 Å². The van der Waals surface area contributed by atoms with Crippen molar-refractivity contribution in [2.24, 2.45) is 0 Å². The number of aromatic nitrogens is 2. The van der Waals surface area contributed by atoms with Gasteiger partial charge in [0.05, 0.1) is 24.1 Å². The fourth-order valence-electron chi connectivity index (χ4n) is 3.11. The van der Waals surface area contributed by atoms with Crippen LogP contribution in [0.5, 0.6) is 0 Å². The number of benzene rings is 1. The molecule has 0 bridgehead atoms. The van der Waals surface area contributed by atoms with Gasteiger partial charge in [-0.2, -0.15) is 5.10 Å². The number of nitrogens with zero attached hydrogens (tertiary/aromatic N) is 3. The molecular weight excluding hydrogens is 324 g/mol. The summed E-state index contributed by atoms with van der Waals surface area (Å²) in [4.78, 5) is 25.2. The zero-order valence-electron chi connectivity index (χ0n) is 14.4. The summed E-state index contributed by atoms with van der Waals surface area (Å²) in [5.41, 5.74) is 1.94. The van der Waals surface area contributed by atoms with Crippen molar-refractivity contribution in [1.29, 1.82) is 0 Å². The fourth-order valence-corrected chi connectivity index (χ4v) is 3.11. The summed E-state index contributed by atoms with van der Waals surface area (Å²) in [6, 6.07) is 7.65. The minimum atomic E-state index is -0.573. The smallest absolute Gasteiger partial charge is 0.322 e. The van der Waals surface area contributed by atoms with Crippen molar-refractivity contribution in [3.8, 4) is 0 Å². The largest absolute Gasteiger partial charge is 0.370 e. The highest BCUT2D eigenvalue weighted by molar-refractivity contribution is 5.96. The Bertz CT molecular complexity index is 817. The summed E-state index contributed by atoms with van der Waals surface area (Å²) in [5, 5.41) is 17.7. The highest BCUT2D eigenvalue weighted by Crippen LogP contribution is 2.29. The third kappa shape index (κ3) is 3.12. The van der Waals surface area contributed by atoms with Crippen LogP contribution in [0.1, 0.15) is 40.3 Å². The molecule has 1 fully saturated rings. The molecule has 0 spiro atoms. The molecule has 1 aromatic carbocycles. The number of morpholine rings is 1. The molecule has 2 aromatic rings. The van der Waals surface area contributed by atoms with Crippen LogP contribution in [0.3, 0.4) is 0 Å². The van der Waals surface area contributed by atoms with Gasteiger partial charge in [-0.3, -0.25) is 20.0 Å². The fraction of sp³-hybridized carbons (Fsp3) is 0.412. The quantitative estimate of drug-likeness (QED) is 0.681. The van der Waals surface area contributed by atoms with Crippen molar-refractivity contribution in [2.75, 3.05) is 13.2 Å². The number of hydrogen-bond acceptors (Lipinski definition) is 5. The van der Waals surface area contributed by atoms with Gasteiger partial charge in [0.25, 0.3) is 5.91 Å². The first-order chi connectivity index (χ1) is 11.9. The molecule has 0 saturated carbocycles. The van der Waals surface area contributed by atoms with E-state index in [4.69, 9.17) is 4.74 Å². The SMILES string of the molecule is Cc1ccccc1C1CN(C(=O)c2n[nH]c(C)c2[N+](=O)[O-])C(C)CO1. The second-order valence-electron chi connectivity index (χ2n) is 6.29. The van der Waals surface area contributed by atoms with Gasteiger partial charge in [0.1, 0.15) is 11.8 Å². The van der Waals surface area contributed by atoms with Crippen LogP contribution in [0.15, 0.2) is 24.3 Å². The first-order valence-electron chi connectivity index (χ1n) is 8.07. The molecule has 1 N–H and O–H groups in total. The van der Waals surface area contributed by atoms with Crippen molar-refractivity contribution in [2.45, 2.75) is 32.9 Å². The van der Waals surface area contributed by atoms with Gasteiger partial charge in [-0.15, -0.1) is 0 Å². The molecule has 8 nitrogen and oxygen atoms in total. The summed E-state index contributed by atoms with van der Waals surface area (Å²) in [7, 11) is 0. The van der Waals surface area contributed by atoms with Gasteiger partial charge in [0.2, 0.25) is 5.69 Å². The van der Waals surface area contributed by atoms with Crippen LogP contribution in [0.25, 0.3) is 0 Å². The number of carbonyl (C=O) groups is 1. The van der Waals surface area contributed by atoms with Crippen molar-refractivity contribution in [3.63, 3.8) is 0 Å². The normalized spacial score (nSPS) is 20.5. The molecule has 1 aliphatic rings. The first-order valence-corrected chi connectivity index (χ1v) is 8.07. The molecule has 1 saturated heterocycles. The Morgan fingerprint density at radius 1 is 1.40 bits per heavy atom. The van der Waals surface area contributed by atoms with Crippen LogP contribution in [0.4, 0.5) is 5.69 Å². The lowest BCUT2D eigenvalue weighted by atomic mass is 10.0. The summed E-state index contributed by atoms with van der Waals surface area (Å²) in [6.45, 7) is 6.07. The number of nitro groups is 1. The first kappa shape index (κ1) is 17.1. The number of rotatable bonds is 3. The van der Waals surface area contributed by atoms with Crippen LogP contribution >= 0.6 is 0 Å². The predicted molar refractivity (Wildman–Crippen MR) is 90.3 cm³/mol. The van der Waals surface area contributed by atoms with Gasteiger partial charge >= 0.3 is 5.69 Å². The third-order valence-corrected chi connectivity index (χ3v) is 4.53. The summed E-state index contributed by atoms with van der Waals surface area (Å²) in [6.07, 6.45) is -0.263. The Labute approximate surface area is 144 Å². The van der Waals surface area contributed by atoms with Crippen LogP contribution in [0, 0.1) is 24.0 Å². The molecule has 132 valence electrons. The van der Waals surface area contributed by atoms with E-state index in [0.717, 1.165) is 11.1 Å². The number of H-pyrrole nitrogens is 1. The average Bonchev–Trinajstić information content (AvgIpc) is 2.97. The molecule has 25 heavy (non-hydrogen) atoms. The molecular formula is C17H20N4O4. The van der Waals surface area contributed by atoms with Gasteiger partial charge in [-0.25, -0.2) is 0 Å². The van der Waals surface area contributed by atoms with Gasteiger partial charge in [0, 0.05) is 0 Å². The van der Waals surface area contributed by atoms with E-state index in [1.165, 1.54) is 6.92 Å². The average molecular weight is 344 g/mol. The predicted octanol–water partition coefficient (Wildman–Crippen LogP) is 2.54. The minimum Gasteiger partial charge on any atom is -0.370 e. The zero-order valence-corrected chi connectivity index (χ0v) is 14.4. The van der Waals surface area contributed by atoms with Crippen LogP contribution in [-0.2, 0) is 4.74 Å². The van der Waals surface area contributed by atoms with Crippen molar-refractivity contribution < 1.29 is 14.5 Å². The highest BCUT2D eigenvalue weighted by atomic mass is 16.6. The number of ether oxygens (including phenoxy) is 1. The lowest BCUT2D eigenvalue weighted by Crippen LogP contribution is -2.48. The van der Waals surface area contributed by atoms with Crippen molar-refractivity contribution in [3.05, 3.63) is 56.9 Å². The van der Waals surface area contributed by atoms with E-state index >= 15 is 0 Å². The molecule has 3 rings (SSSR count). The number of hydrogen-bond donors (Lipinski definition) is 1. The van der Waals surface area contributed by atoms with E-state index < -0.39 is 10.8 Å². The lowest BCUT2D eigenvalue weighted by molar-refractivity contribution is -0.385. The Hall–Kier alpha value is -2.74. The molecule has 2 heterocycles. The number of nitrogens with one attached hydrogen (secondary N) is 1. The lowest BCUT2D eigenvalue weighted by Gasteiger charge is -2.38. The number of aryl methyl sites for hydroxylation is 2. The van der Waals surface area contributed by atoms with Gasteiger partial charge in [-0.1, -0.05) is 24.3 Å². The monoisotopic (exact) mass is 344 g/mol. The van der Waals surface area contributed by atoms with E-state index in [-0.39, 0.29) is 29.2 Å². The second-order valence-corrected chi connectivity index (χ2v) is 6.29. The Balaban J connectivity index is 1.89. The summed E-state index contributed by atoms with van der Waals surface area (Å²) in [5.74, 6) is -0.453. The van der Waals surface area contributed by atoms with Gasteiger partial charge < -0.3 is 9.64 Å². The van der Waals surface area contributed by atoms with Crippen molar-refractivity contribution >= 4 is 11.6 Å². The summed E-state index contributed by atoms with van der Waals surface area (Å²) >= 11 is 0. The minimum absolute atomic E-state index is 0.153. The maximum atomic E-state index is 12.9. The maximum Gasteiger partial charge on any atom is 0.322 e. The molecule has 0 radical (unpaired) electrons.